The van der Waals surface area contributed by atoms with Crippen molar-refractivity contribution in [1.82, 2.24) is 5.32 Å². The molecular formula is C12H19Br2NO. The molecule has 0 spiro atoms. The van der Waals surface area contributed by atoms with Gasteiger partial charge in [0.1, 0.15) is 0 Å². The molecule has 0 bridgehead atoms. The van der Waals surface area contributed by atoms with Crippen molar-refractivity contribution in [2.75, 3.05) is 10.7 Å². The van der Waals surface area contributed by atoms with E-state index >= 15 is 0 Å². The van der Waals surface area contributed by atoms with Gasteiger partial charge in [-0.15, -0.1) is 0 Å². The molecule has 0 aromatic carbocycles. The van der Waals surface area contributed by atoms with Gasteiger partial charge in [-0.1, -0.05) is 38.8 Å². The number of rotatable bonds is 5. The van der Waals surface area contributed by atoms with E-state index in [0.29, 0.717) is 0 Å². The van der Waals surface area contributed by atoms with E-state index in [1.165, 1.54) is 6.42 Å². The van der Waals surface area contributed by atoms with Crippen LogP contribution in [0.25, 0.3) is 0 Å². The zero-order valence-corrected chi connectivity index (χ0v) is 12.8. The molecule has 2 nitrogen and oxygen atoms in total. The number of hydrogen-bond donors (Lipinski definition) is 1. The summed E-state index contributed by atoms with van der Waals surface area (Å²) in [6.45, 7) is 2.12. The van der Waals surface area contributed by atoms with Crippen LogP contribution in [0.4, 0.5) is 0 Å². The van der Waals surface area contributed by atoms with Crippen LogP contribution in [0.1, 0.15) is 32.6 Å². The third-order valence-corrected chi connectivity index (χ3v) is 6.34. The second-order valence-corrected chi connectivity index (χ2v) is 6.44. The monoisotopic (exact) mass is 351 g/mol. The molecule has 0 aliphatic heterocycles. The molecule has 2 aliphatic rings. The Kier molecular flexibility index (Phi) is 4.00. The van der Waals surface area contributed by atoms with E-state index in [-0.39, 0.29) is 17.4 Å². The molecule has 0 radical (unpaired) electrons. The molecule has 0 aromatic heterocycles. The molecular weight excluding hydrogens is 334 g/mol. The Balaban J connectivity index is 1.89. The highest BCUT2D eigenvalue weighted by Crippen LogP contribution is 2.54. The minimum absolute atomic E-state index is 0.107. The van der Waals surface area contributed by atoms with Crippen molar-refractivity contribution >= 4 is 37.8 Å². The summed E-state index contributed by atoms with van der Waals surface area (Å²) in [5, 5.41) is 4.86. The van der Waals surface area contributed by atoms with Crippen LogP contribution in [0.2, 0.25) is 0 Å². The van der Waals surface area contributed by atoms with Crippen LogP contribution in [-0.4, -0.2) is 22.1 Å². The number of amides is 1. The molecule has 2 atom stereocenters. The minimum Gasteiger partial charge on any atom is -0.349 e. The number of nitrogens with one attached hydrogen (secondary N) is 1. The molecule has 4 heteroatoms. The second kappa shape index (κ2) is 4.97. The summed E-state index contributed by atoms with van der Waals surface area (Å²) >= 11 is 7.01. The van der Waals surface area contributed by atoms with Crippen molar-refractivity contribution in [3.63, 3.8) is 0 Å². The van der Waals surface area contributed by atoms with Gasteiger partial charge in [0.15, 0.2) is 0 Å². The van der Waals surface area contributed by atoms with Gasteiger partial charge in [-0.05, 0) is 37.5 Å². The van der Waals surface area contributed by atoms with Crippen molar-refractivity contribution < 1.29 is 4.79 Å². The Morgan fingerprint density at radius 2 is 1.81 bits per heavy atom. The van der Waals surface area contributed by atoms with Crippen LogP contribution in [0.5, 0.6) is 0 Å². The Morgan fingerprint density at radius 1 is 1.25 bits per heavy atom. The standard InChI is InChI=1S/C12H19Br2NO/c1-2-12(6-13,7-14)15-11(16)10-4-8-3-9(8)5-10/h8-10H,2-7H2,1H3,(H,15,16). The lowest BCUT2D eigenvalue weighted by atomic mass is 9.97. The fourth-order valence-electron chi connectivity index (χ4n) is 2.67. The van der Waals surface area contributed by atoms with E-state index in [0.717, 1.165) is 41.8 Å². The summed E-state index contributed by atoms with van der Waals surface area (Å²) < 4.78 is 0. The first-order chi connectivity index (χ1) is 7.64. The van der Waals surface area contributed by atoms with E-state index in [4.69, 9.17) is 0 Å². The van der Waals surface area contributed by atoms with Gasteiger partial charge in [-0.3, -0.25) is 4.79 Å². The van der Waals surface area contributed by atoms with E-state index in [1.807, 2.05) is 0 Å². The first-order valence-corrected chi connectivity index (χ1v) is 8.32. The van der Waals surface area contributed by atoms with Crippen LogP contribution >= 0.6 is 31.9 Å². The van der Waals surface area contributed by atoms with E-state index in [9.17, 15) is 4.79 Å². The van der Waals surface area contributed by atoms with Gasteiger partial charge >= 0.3 is 0 Å². The zero-order chi connectivity index (χ0) is 11.8. The number of carbonyl (C=O) groups is 1. The van der Waals surface area contributed by atoms with Crippen LogP contribution < -0.4 is 5.32 Å². The Hall–Kier alpha value is 0.430. The molecule has 2 aliphatic carbocycles. The van der Waals surface area contributed by atoms with Crippen molar-refractivity contribution in [3.8, 4) is 0 Å². The topological polar surface area (TPSA) is 29.1 Å². The Bertz CT molecular complexity index is 260. The van der Waals surface area contributed by atoms with Crippen LogP contribution in [-0.2, 0) is 4.79 Å². The number of carbonyl (C=O) groups excluding carboxylic acids is 1. The predicted octanol–water partition coefficient (Wildman–Crippen LogP) is 3.09. The molecule has 0 aromatic rings. The maximum absolute atomic E-state index is 12.2. The molecule has 16 heavy (non-hydrogen) atoms. The molecule has 0 saturated heterocycles. The van der Waals surface area contributed by atoms with E-state index in [1.54, 1.807) is 0 Å². The van der Waals surface area contributed by atoms with Gasteiger partial charge in [0.2, 0.25) is 5.91 Å². The molecule has 2 saturated carbocycles. The van der Waals surface area contributed by atoms with Gasteiger partial charge in [-0.2, -0.15) is 0 Å². The summed E-state index contributed by atoms with van der Waals surface area (Å²) in [6, 6.07) is 0. The van der Waals surface area contributed by atoms with Gasteiger partial charge in [0.05, 0.1) is 5.54 Å². The number of alkyl halides is 2. The second-order valence-electron chi connectivity index (χ2n) is 5.31. The average Bonchev–Trinajstić information content (AvgIpc) is 2.93. The van der Waals surface area contributed by atoms with Crippen LogP contribution in [0.15, 0.2) is 0 Å². The van der Waals surface area contributed by atoms with Crippen molar-refractivity contribution in [3.05, 3.63) is 0 Å². The molecule has 2 unspecified atom stereocenters. The highest BCUT2D eigenvalue weighted by Gasteiger charge is 2.48. The Morgan fingerprint density at radius 3 is 2.25 bits per heavy atom. The van der Waals surface area contributed by atoms with Crippen molar-refractivity contribution in [2.24, 2.45) is 17.8 Å². The molecule has 2 fully saturated rings. The number of hydrogen-bond acceptors (Lipinski definition) is 1. The quantitative estimate of drug-likeness (QED) is 0.757. The number of halogens is 2. The molecule has 0 heterocycles. The molecule has 92 valence electrons. The first-order valence-electron chi connectivity index (χ1n) is 6.08. The van der Waals surface area contributed by atoms with Gasteiger partial charge in [0.25, 0.3) is 0 Å². The largest absolute Gasteiger partial charge is 0.349 e. The van der Waals surface area contributed by atoms with Gasteiger partial charge in [0, 0.05) is 16.6 Å². The van der Waals surface area contributed by atoms with Gasteiger partial charge in [-0.25, -0.2) is 0 Å². The summed E-state index contributed by atoms with van der Waals surface area (Å²) in [5.74, 6) is 2.31. The molecule has 1 amide bonds. The SMILES string of the molecule is CCC(CBr)(CBr)NC(=O)C1CC2CC2C1. The molecule has 2 rings (SSSR count). The molecule has 1 N–H and O–H groups in total. The smallest absolute Gasteiger partial charge is 0.223 e. The van der Waals surface area contributed by atoms with Crippen molar-refractivity contribution in [2.45, 2.75) is 38.1 Å². The lowest BCUT2D eigenvalue weighted by molar-refractivity contribution is -0.126. The van der Waals surface area contributed by atoms with Crippen molar-refractivity contribution in [1.29, 1.82) is 0 Å². The highest BCUT2D eigenvalue weighted by molar-refractivity contribution is 9.09. The number of fused-ring (bicyclic) bond motifs is 1. The fraction of sp³-hybridized carbons (Fsp3) is 0.917. The van der Waals surface area contributed by atoms with E-state index in [2.05, 4.69) is 44.1 Å². The maximum Gasteiger partial charge on any atom is 0.223 e. The lowest BCUT2D eigenvalue weighted by Gasteiger charge is -2.31. The third kappa shape index (κ3) is 2.47. The summed E-state index contributed by atoms with van der Waals surface area (Å²) in [4.78, 5) is 12.2. The van der Waals surface area contributed by atoms with Crippen LogP contribution in [0, 0.1) is 17.8 Å². The first kappa shape index (κ1) is 12.9. The average molecular weight is 353 g/mol. The maximum atomic E-state index is 12.2. The summed E-state index contributed by atoms with van der Waals surface area (Å²) in [5.41, 5.74) is -0.107. The lowest BCUT2D eigenvalue weighted by Crippen LogP contribution is -2.52. The zero-order valence-electron chi connectivity index (χ0n) is 9.64. The minimum atomic E-state index is -0.107. The summed E-state index contributed by atoms with van der Waals surface area (Å²) in [7, 11) is 0. The fourth-order valence-corrected chi connectivity index (χ4v) is 4.67. The van der Waals surface area contributed by atoms with E-state index < -0.39 is 0 Å². The predicted molar refractivity (Wildman–Crippen MR) is 73.1 cm³/mol. The third-order valence-electron chi connectivity index (χ3n) is 4.19. The Labute approximate surface area is 114 Å². The van der Waals surface area contributed by atoms with Gasteiger partial charge < -0.3 is 5.32 Å². The normalized spacial score (nSPS) is 32.3. The summed E-state index contributed by atoms with van der Waals surface area (Å²) in [6.07, 6.45) is 4.58. The van der Waals surface area contributed by atoms with Crippen LogP contribution in [0.3, 0.4) is 0 Å². The highest BCUT2D eigenvalue weighted by atomic mass is 79.9.